The summed E-state index contributed by atoms with van der Waals surface area (Å²) in [4.78, 5) is 37.7. The van der Waals surface area contributed by atoms with Gasteiger partial charge in [0.05, 0.1) is 16.2 Å². The molecule has 150 valence electrons. The highest BCUT2D eigenvalue weighted by Crippen LogP contribution is 2.38. The zero-order valence-corrected chi connectivity index (χ0v) is 16.2. The minimum atomic E-state index is -0.530. The fourth-order valence-corrected chi connectivity index (χ4v) is 3.36. The third kappa shape index (κ3) is 3.24. The molecule has 30 heavy (non-hydrogen) atoms. The molecule has 1 aliphatic rings. The summed E-state index contributed by atoms with van der Waals surface area (Å²) < 4.78 is 5.90. The quantitative estimate of drug-likeness (QED) is 0.511. The van der Waals surface area contributed by atoms with Gasteiger partial charge in [-0.2, -0.15) is 0 Å². The lowest BCUT2D eigenvalue weighted by molar-refractivity contribution is -0.385. The SMILES string of the molecule is Cc1c(C(=O)Nc2ccc3c(c2)C(=O)N(C)c2ccccc2O3)cccc1[N+](=O)[O-]. The Bertz CT molecular complexity index is 1210. The van der Waals surface area contributed by atoms with E-state index in [2.05, 4.69) is 5.32 Å². The van der Waals surface area contributed by atoms with E-state index in [1.165, 1.54) is 36.1 Å². The Kier molecular flexibility index (Phi) is 4.67. The molecular formula is C22H17N3O5. The van der Waals surface area contributed by atoms with E-state index in [1.54, 1.807) is 31.3 Å². The van der Waals surface area contributed by atoms with E-state index in [9.17, 15) is 19.7 Å². The number of anilines is 2. The fraction of sp³-hybridized carbons (Fsp3) is 0.0909. The first-order valence-corrected chi connectivity index (χ1v) is 9.11. The molecule has 0 saturated heterocycles. The Morgan fingerprint density at radius 1 is 1.07 bits per heavy atom. The van der Waals surface area contributed by atoms with E-state index in [0.29, 0.717) is 28.4 Å². The lowest BCUT2D eigenvalue weighted by Gasteiger charge is -2.16. The van der Waals surface area contributed by atoms with Gasteiger partial charge in [-0.05, 0) is 43.3 Å². The second-order valence-corrected chi connectivity index (χ2v) is 6.81. The van der Waals surface area contributed by atoms with Gasteiger partial charge in [0.1, 0.15) is 5.75 Å². The molecule has 0 atom stereocenters. The molecular weight excluding hydrogens is 386 g/mol. The van der Waals surface area contributed by atoms with Crippen molar-refractivity contribution in [1.29, 1.82) is 0 Å². The maximum Gasteiger partial charge on any atom is 0.273 e. The molecule has 0 fully saturated rings. The van der Waals surface area contributed by atoms with Crippen molar-refractivity contribution in [2.45, 2.75) is 6.92 Å². The Hall–Kier alpha value is -4.20. The molecule has 3 aromatic rings. The van der Waals surface area contributed by atoms with Crippen LogP contribution in [0.4, 0.5) is 17.1 Å². The summed E-state index contributed by atoms with van der Waals surface area (Å²) in [6.45, 7) is 1.52. The second kappa shape index (κ2) is 7.32. The zero-order valence-electron chi connectivity index (χ0n) is 16.2. The standard InChI is InChI=1S/C22H17N3O5/c1-13-15(6-5-8-17(13)25(28)29)21(26)23-14-10-11-19-16(12-14)22(27)24(2)18-7-3-4-9-20(18)30-19/h3-12H,1-2H3,(H,23,26). The second-order valence-electron chi connectivity index (χ2n) is 6.81. The maximum absolute atomic E-state index is 12.9. The van der Waals surface area contributed by atoms with Gasteiger partial charge in [-0.15, -0.1) is 0 Å². The van der Waals surface area contributed by atoms with Crippen molar-refractivity contribution in [3.63, 3.8) is 0 Å². The summed E-state index contributed by atoms with van der Waals surface area (Å²) >= 11 is 0. The van der Waals surface area contributed by atoms with Crippen LogP contribution >= 0.6 is 0 Å². The largest absolute Gasteiger partial charge is 0.454 e. The Morgan fingerprint density at radius 3 is 2.60 bits per heavy atom. The number of carbonyl (C=O) groups is 2. The monoisotopic (exact) mass is 403 g/mol. The van der Waals surface area contributed by atoms with E-state index >= 15 is 0 Å². The smallest absolute Gasteiger partial charge is 0.273 e. The summed E-state index contributed by atoms with van der Waals surface area (Å²) in [6, 6.07) is 16.3. The van der Waals surface area contributed by atoms with Gasteiger partial charge in [0, 0.05) is 29.9 Å². The summed E-state index contributed by atoms with van der Waals surface area (Å²) in [5, 5.41) is 13.8. The molecule has 0 aromatic heterocycles. The Balaban J connectivity index is 1.66. The number of ether oxygens (including phenoxy) is 1. The van der Waals surface area contributed by atoms with Crippen molar-refractivity contribution in [1.82, 2.24) is 0 Å². The van der Waals surface area contributed by atoms with E-state index in [0.717, 1.165) is 0 Å². The third-order valence-corrected chi connectivity index (χ3v) is 4.97. The van der Waals surface area contributed by atoms with E-state index in [-0.39, 0.29) is 22.7 Å². The molecule has 0 spiro atoms. The van der Waals surface area contributed by atoms with Crippen molar-refractivity contribution < 1.29 is 19.2 Å². The molecule has 8 heteroatoms. The number of para-hydroxylation sites is 2. The predicted octanol–water partition coefficient (Wildman–Crippen LogP) is 4.54. The fourth-order valence-electron chi connectivity index (χ4n) is 3.36. The highest BCUT2D eigenvalue weighted by molar-refractivity contribution is 6.11. The number of hydrogen-bond donors (Lipinski definition) is 1. The van der Waals surface area contributed by atoms with Crippen molar-refractivity contribution in [2.75, 3.05) is 17.3 Å². The topological polar surface area (TPSA) is 102 Å². The maximum atomic E-state index is 12.9. The van der Waals surface area contributed by atoms with E-state index in [4.69, 9.17) is 4.74 Å². The molecule has 1 aliphatic heterocycles. The molecule has 3 aromatic carbocycles. The summed E-state index contributed by atoms with van der Waals surface area (Å²) in [5.41, 5.74) is 1.63. The van der Waals surface area contributed by atoms with Gasteiger partial charge in [0.25, 0.3) is 17.5 Å². The minimum absolute atomic E-state index is 0.132. The predicted molar refractivity (Wildman–Crippen MR) is 111 cm³/mol. The Labute approximate surface area is 171 Å². The van der Waals surface area contributed by atoms with Crippen molar-refractivity contribution in [3.05, 3.63) is 87.5 Å². The van der Waals surface area contributed by atoms with Crippen LogP contribution in [0.5, 0.6) is 11.5 Å². The van der Waals surface area contributed by atoms with Crippen LogP contribution < -0.4 is 15.0 Å². The average molecular weight is 403 g/mol. The summed E-state index contributed by atoms with van der Waals surface area (Å²) in [5.74, 6) is 0.143. The van der Waals surface area contributed by atoms with Gasteiger partial charge in [-0.1, -0.05) is 18.2 Å². The van der Waals surface area contributed by atoms with Crippen LogP contribution in [0.3, 0.4) is 0 Å². The van der Waals surface area contributed by atoms with Crippen LogP contribution in [0, 0.1) is 17.0 Å². The number of amides is 2. The van der Waals surface area contributed by atoms with Gasteiger partial charge >= 0.3 is 0 Å². The van der Waals surface area contributed by atoms with Crippen molar-refractivity contribution in [2.24, 2.45) is 0 Å². The molecule has 0 bridgehead atoms. The first-order chi connectivity index (χ1) is 14.4. The molecule has 0 radical (unpaired) electrons. The highest BCUT2D eigenvalue weighted by Gasteiger charge is 2.26. The number of fused-ring (bicyclic) bond motifs is 2. The number of nitrogens with zero attached hydrogens (tertiary/aromatic N) is 2. The van der Waals surface area contributed by atoms with Gasteiger partial charge in [-0.25, -0.2) is 0 Å². The average Bonchev–Trinajstić information content (AvgIpc) is 2.83. The van der Waals surface area contributed by atoms with E-state index in [1.807, 2.05) is 12.1 Å². The minimum Gasteiger partial charge on any atom is -0.454 e. The van der Waals surface area contributed by atoms with Crippen LogP contribution in [0.1, 0.15) is 26.3 Å². The van der Waals surface area contributed by atoms with Crippen molar-refractivity contribution >= 4 is 28.9 Å². The van der Waals surface area contributed by atoms with Crippen LogP contribution in [0.25, 0.3) is 0 Å². The Morgan fingerprint density at radius 2 is 1.83 bits per heavy atom. The molecule has 8 nitrogen and oxygen atoms in total. The van der Waals surface area contributed by atoms with Crippen LogP contribution in [-0.2, 0) is 0 Å². The highest BCUT2D eigenvalue weighted by atomic mass is 16.6. The summed E-state index contributed by atoms with van der Waals surface area (Å²) in [7, 11) is 1.65. The third-order valence-electron chi connectivity index (χ3n) is 4.97. The zero-order chi connectivity index (χ0) is 21.4. The molecule has 0 aliphatic carbocycles. The number of rotatable bonds is 3. The number of hydrogen-bond acceptors (Lipinski definition) is 5. The molecule has 1 heterocycles. The number of benzene rings is 3. The van der Waals surface area contributed by atoms with Gasteiger partial charge < -0.3 is 15.0 Å². The van der Waals surface area contributed by atoms with Gasteiger partial charge in [-0.3, -0.25) is 19.7 Å². The molecule has 2 amide bonds. The van der Waals surface area contributed by atoms with Crippen LogP contribution in [0.15, 0.2) is 60.7 Å². The van der Waals surface area contributed by atoms with Gasteiger partial charge in [0.15, 0.2) is 5.75 Å². The first kappa shape index (κ1) is 19.1. The summed E-state index contributed by atoms with van der Waals surface area (Å²) in [6.07, 6.45) is 0. The first-order valence-electron chi connectivity index (χ1n) is 9.11. The number of carbonyl (C=O) groups excluding carboxylic acids is 2. The van der Waals surface area contributed by atoms with Crippen molar-refractivity contribution in [3.8, 4) is 11.5 Å². The molecule has 4 rings (SSSR count). The van der Waals surface area contributed by atoms with Gasteiger partial charge in [0.2, 0.25) is 0 Å². The molecule has 0 unspecified atom stereocenters. The number of nitro groups is 1. The van der Waals surface area contributed by atoms with Crippen LogP contribution in [-0.4, -0.2) is 23.8 Å². The number of nitrogens with one attached hydrogen (secondary N) is 1. The van der Waals surface area contributed by atoms with E-state index < -0.39 is 10.8 Å². The molecule has 0 saturated carbocycles. The number of nitro benzene ring substituents is 1. The normalized spacial score (nSPS) is 12.3. The lowest BCUT2D eigenvalue weighted by atomic mass is 10.1. The lowest BCUT2D eigenvalue weighted by Crippen LogP contribution is -2.25. The molecule has 1 N–H and O–H groups in total. The van der Waals surface area contributed by atoms with Crippen LogP contribution in [0.2, 0.25) is 0 Å².